The average molecular weight is 494 g/mol. The minimum Gasteiger partial charge on any atom is -0.497 e. The number of benzene rings is 2. The normalized spacial score (nSPS) is 14.6. The number of rotatable bonds is 8. The van der Waals surface area contributed by atoms with E-state index in [4.69, 9.17) is 26.1 Å². The highest BCUT2D eigenvalue weighted by atomic mass is 32.2. The molecule has 0 saturated carbocycles. The minimum atomic E-state index is -0.334. The lowest BCUT2D eigenvalue weighted by Gasteiger charge is -2.14. The summed E-state index contributed by atoms with van der Waals surface area (Å²) in [6, 6.07) is 17.8. The molecule has 34 heavy (non-hydrogen) atoms. The first-order valence-corrected chi connectivity index (χ1v) is 12.0. The zero-order valence-corrected chi connectivity index (χ0v) is 20.4. The number of ether oxygens (including phenoxy) is 2. The maximum atomic E-state index is 13.0. The van der Waals surface area contributed by atoms with Crippen LogP contribution in [0.4, 0.5) is 5.69 Å². The summed E-state index contributed by atoms with van der Waals surface area (Å²) in [5.41, 5.74) is 1.99. The molecule has 0 N–H and O–H groups in total. The third kappa shape index (κ3) is 5.24. The summed E-state index contributed by atoms with van der Waals surface area (Å²) in [4.78, 5) is 27.0. The molecule has 6 nitrogen and oxygen atoms in total. The highest BCUT2D eigenvalue weighted by Gasteiger charge is 2.33. The second-order valence-electron chi connectivity index (χ2n) is 7.48. The Kier molecular flexibility index (Phi) is 7.49. The van der Waals surface area contributed by atoms with Crippen molar-refractivity contribution in [1.82, 2.24) is 0 Å². The van der Waals surface area contributed by atoms with Crippen LogP contribution in [0.25, 0.3) is 17.4 Å². The third-order valence-corrected chi connectivity index (χ3v) is 6.46. The van der Waals surface area contributed by atoms with Gasteiger partial charge in [-0.3, -0.25) is 9.69 Å². The van der Waals surface area contributed by atoms with Crippen LogP contribution in [0, 0.1) is 0 Å². The van der Waals surface area contributed by atoms with Gasteiger partial charge in [-0.25, -0.2) is 4.79 Å². The van der Waals surface area contributed by atoms with Crippen molar-refractivity contribution in [1.29, 1.82) is 0 Å². The van der Waals surface area contributed by atoms with Gasteiger partial charge in [-0.05, 0) is 55.0 Å². The number of thiocarbonyl (C=S) groups is 1. The molecular formula is C26H23NO5S2. The zero-order chi connectivity index (χ0) is 24.1. The molecule has 0 unspecified atom stereocenters. The molecule has 1 aromatic heterocycles. The summed E-state index contributed by atoms with van der Waals surface area (Å²) < 4.78 is 16.8. The molecule has 2 aromatic carbocycles. The van der Waals surface area contributed by atoms with E-state index in [1.807, 2.05) is 25.1 Å². The highest BCUT2D eigenvalue weighted by molar-refractivity contribution is 8.27. The molecule has 0 atom stereocenters. The zero-order valence-electron chi connectivity index (χ0n) is 18.8. The van der Waals surface area contributed by atoms with Crippen LogP contribution >= 0.6 is 24.0 Å². The van der Waals surface area contributed by atoms with E-state index in [1.54, 1.807) is 55.7 Å². The molecule has 3 aromatic rings. The number of unbranched alkanes of at least 4 members (excludes halogenated alkanes) is 1. The minimum absolute atomic E-state index is 0.205. The predicted octanol–water partition coefficient (Wildman–Crippen LogP) is 6.32. The summed E-state index contributed by atoms with van der Waals surface area (Å²) >= 11 is 6.66. The number of amides is 1. The van der Waals surface area contributed by atoms with Gasteiger partial charge in [0.2, 0.25) is 0 Å². The first kappa shape index (κ1) is 23.8. The molecular weight excluding hydrogens is 470 g/mol. The number of thioether (sulfide) groups is 1. The molecule has 2 heterocycles. The number of hydrogen-bond donors (Lipinski definition) is 0. The van der Waals surface area contributed by atoms with Crippen molar-refractivity contribution in [2.75, 3.05) is 18.6 Å². The van der Waals surface area contributed by atoms with Crippen LogP contribution in [0.1, 0.15) is 35.9 Å². The molecule has 0 aliphatic carbocycles. The number of esters is 1. The molecule has 1 fully saturated rings. The number of carbonyl (C=O) groups is 2. The van der Waals surface area contributed by atoms with Crippen molar-refractivity contribution in [2.45, 2.75) is 19.8 Å². The van der Waals surface area contributed by atoms with Gasteiger partial charge in [0, 0.05) is 11.6 Å². The Morgan fingerprint density at radius 2 is 1.82 bits per heavy atom. The molecule has 0 radical (unpaired) electrons. The fourth-order valence-corrected chi connectivity index (χ4v) is 4.58. The fraction of sp³-hybridized carbons (Fsp3) is 0.192. The average Bonchev–Trinajstić information content (AvgIpc) is 3.43. The number of methoxy groups -OCH3 is 1. The Bertz CT molecular complexity index is 1230. The molecule has 1 saturated heterocycles. The van der Waals surface area contributed by atoms with Crippen LogP contribution in [0.2, 0.25) is 0 Å². The van der Waals surface area contributed by atoms with Gasteiger partial charge in [0.25, 0.3) is 5.91 Å². The van der Waals surface area contributed by atoms with Crippen LogP contribution in [0.15, 0.2) is 70.0 Å². The highest BCUT2D eigenvalue weighted by Crippen LogP contribution is 2.37. The number of hydrogen-bond acceptors (Lipinski definition) is 7. The van der Waals surface area contributed by atoms with Gasteiger partial charge < -0.3 is 13.9 Å². The standard InChI is InChI=1S/C26H23NO5S2/c1-3-4-15-31-25(29)18-7-5-17(6-8-18)22-14-13-21(32-22)16-23-24(28)27(26(33)34-23)19-9-11-20(30-2)12-10-19/h5-14,16H,3-4,15H2,1-2H3/b23-16-. The Morgan fingerprint density at radius 1 is 1.09 bits per heavy atom. The van der Waals surface area contributed by atoms with Crippen LogP contribution < -0.4 is 9.64 Å². The van der Waals surface area contributed by atoms with E-state index in [-0.39, 0.29) is 11.9 Å². The Labute approximate surface area is 207 Å². The predicted molar refractivity (Wildman–Crippen MR) is 138 cm³/mol. The first-order valence-electron chi connectivity index (χ1n) is 10.8. The van der Waals surface area contributed by atoms with Gasteiger partial charge in [0.05, 0.1) is 29.9 Å². The Morgan fingerprint density at radius 3 is 2.50 bits per heavy atom. The molecule has 174 valence electrons. The monoisotopic (exact) mass is 493 g/mol. The van der Waals surface area contributed by atoms with Gasteiger partial charge in [-0.1, -0.05) is 49.5 Å². The van der Waals surface area contributed by atoms with E-state index in [0.29, 0.717) is 44.4 Å². The quantitative estimate of drug-likeness (QED) is 0.157. The van der Waals surface area contributed by atoms with Crippen molar-refractivity contribution < 1.29 is 23.5 Å². The molecule has 8 heteroatoms. The largest absolute Gasteiger partial charge is 0.497 e. The smallest absolute Gasteiger partial charge is 0.338 e. The molecule has 1 aliphatic rings. The molecule has 1 aliphatic heterocycles. The number of furan rings is 1. The molecule has 0 spiro atoms. The van der Waals surface area contributed by atoms with Gasteiger partial charge in [0.15, 0.2) is 4.32 Å². The summed E-state index contributed by atoms with van der Waals surface area (Å²) in [5, 5.41) is 0. The van der Waals surface area contributed by atoms with E-state index >= 15 is 0 Å². The lowest BCUT2D eigenvalue weighted by molar-refractivity contribution is -0.113. The van der Waals surface area contributed by atoms with E-state index in [1.165, 1.54) is 16.7 Å². The SMILES string of the molecule is CCCCOC(=O)c1ccc(-c2ccc(/C=C3\SC(=S)N(c4ccc(OC)cc4)C3=O)o2)cc1. The molecule has 1 amide bonds. The summed E-state index contributed by atoms with van der Waals surface area (Å²) in [6.07, 6.45) is 3.50. The number of anilines is 1. The van der Waals surface area contributed by atoms with Crippen LogP contribution in [0.5, 0.6) is 5.75 Å². The van der Waals surface area contributed by atoms with Gasteiger partial charge in [-0.15, -0.1) is 0 Å². The van der Waals surface area contributed by atoms with E-state index < -0.39 is 0 Å². The van der Waals surface area contributed by atoms with Gasteiger partial charge in [0.1, 0.15) is 17.3 Å². The van der Waals surface area contributed by atoms with Crippen molar-refractivity contribution in [3.8, 4) is 17.1 Å². The summed E-state index contributed by atoms with van der Waals surface area (Å²) in [6.45, 7) is 2.46. The molecule has 0 bridgehead atoms. The van der Waals surface area contributed by atoms with Gasteiger partial charge in [-0.2, -0.15) is 0 Å². The van der Waals surface area contributed by atoms with E-state index in [9.17, 15) is 9.59 Å². The molecule has 4 rings (SSSR count). The van der Waals surface area contributed by atoms with Crippen LogP contribution in [-0.2, 0) is 9.53 Å². The van der Waals surface area contributed by atoms with Crippen molar-refractivity contribution in [2.24, 2.45) is 0 Å². The Hall–Kier alpha value is -3.36. The number of nitrogens with zero attached hydrogens (tertiary/aromatic N) is 1. The maximum absolute atomic E-state index is 13.0. The van der Waals surface area contributed by atoms with Crippen molar-refractivity contribution in [3.63, 3.8) is 0 Å². The lowest BCUT2D eigenvalue weighted by atomic mass is 10.1. The second kappa shape index (κ2) is 10.7. The second-order valence-corrected chi connectivity index (χ2v) is 9.16. The van der Waals surface area contributed by atoms with Crippen LogP contribution in [0.3, 0.4) is 0 Å². The fourth-order valence-electron chi connectivity index (χ4n) is 3.30. The maximum Gasteiger partial charge on any atom is 0.338 e. The topological polar surface area (TPSA) is 69.0 Å². The third-order valence-electron chi connectivity index (χ3n) is 5.16. The Balaban J connectivity index is 1.46. The van der Waals surface area contributed by atoms with Crippen molar-refractivity contribution in [3.05, 3.63) is 76.9 Å². The van der Waals surface area contributed by atoms with Crippen molar-refractivity contribution >= 4 is 51.9 Å². The summed E-state index contributed by atoms with van der Waals surface area (Å²) in [7, 11) is 1.59. The first-order chi connectivity index (χ1) is 16.5. The van der Waals surface area contributed by atoms with Gasteiger partial charge >= 0.3 is 5.97 Å². The summed E-state index contributed by atoms with van der Waals surface area (Å²) in [5.74, 6) is 1.33. The van der Waals surface area contributed by atoms with Crippen LogP contribution in [-0.4, -0.2) is 29.9 Å². The van der Waals surface area contributed by atoms with E-state index in [2.05, 4.69) is 0 Å². The van der Waals surface area contributed by atoms with E-state index in [0.717, 1.165) is 18.4 Å². The lowest BCUT2D eigenvalue weighted by Crippen LogP contribution is -2.27. The number of carbonyl (C=O) groups excluding carboxylic acids is 2.